The predicted octanol–water partition coefficient (Wildman–Crippen LogP) is 11.5. The molecule has 0 spiro atoms. The van der Waals surface area contributed by atoms with Crippen LogP contribution < -0.4 is 9.64 Å². The Balaban J connectivity index is 1.41. The van der Waals surface area contributed by atoms with E-state index in [1.54, 1.807) is 0 Å². The quantitative estimate of drug-likeness (QED) is 0.208. The minimum atomic E-state index is -0.207. The number of para-hydroxylation sites is 2. The van der Waals surface area contributed by atoms with Gasteiger partial charge in [0.05, 0.1) is 11.4 Å². The molecule has 0 radical (unpaired) electrons. The van der Waals surface area contributed by atoms with Crippen LogP contribution in [-0.2, 0) is 10.8 Å². The van der Waals surface area contributed by atoms with Gasteiger partial charge in [0.15, 0.2) is 5.75 Å². The Bertz CT molecular complexity index is 1950. The van der Waals surface area contributed by atoms with E-state index in [1.165, 1.54) is 42.8 Å². The Morgan fingerprint density at radius 2 is 1.16 bits per heavy atom. The molecule has 2 aliphatic rings. The summed E-state index contributed by atoms with van der Waals surface area (Å²) in [5, 5.41) is 2.44. The van der Waals surface area contributed by atoms with Crippen LogP contribution in [0.25, 0.3) is 10.8 Å². The van der Waals surface area contributed by atoms with Gasteiger partial charge in [-0.25, -0.2) is 0 Å². The number of fused-ring (bicyclic) bond motifs is 5. The largest absolute Gasteiger partial charge is 0.455 e. The van der Waals surface area contributed by atoms with Crippen molar-refractivity contribution in [2.24, 2.45) is 0 Å². The van der Waals surface area contributed by atoms with Crippen molar-refractivity contribution < 1.29 is 4.74 Å². The molecule has 0 saturated carbocycles. The molecular weight excluding hydrogens is 543 g/mol. The molecule has 0 aliphatic carbocycles. The Kier molecular flexibility index (Phi) is 5.80. The summed E-state index contributed by atoms with van der Waals surface area (Å²) in [6, 6.07) is 46.1. The molecule has 0 aromatic heterocycles. The van der Waals surface area contributed by atoms with Crippen molar-refractivity contribution in [3.63, 3.8) is 0 Å². The Morgan fingerprint density at radius 1 is 0.535 bits per heavy atom. The molecule has 0 bridgehead atoms. The van der Waals surface area contributed by atoms with E-state index in [4.69, 9.17) is 4.74 Å². The van der Waals surface area contributed by atoms with Gasteiger partial charge in [-0.1, -0.05) is 130 Å². The lowest BCUT2D eigenvalue weighted by atomic mass is 9.75. The second-order valence-electron chi connectivity index (χ2n) is 12.6. The van der Waals surface area contributed by atoms with Crippen LogP contribution in [0.1, 0.15) is 49.9 Å². The Labute approximate surface area is 258 Å². The number of nitrogens with zero attached hydrogens (tertiary/aromatic N) is 1. The number of hydrogen-bond donors (Lipinski definition) is 0. The van der Waals surface area contributed by atoms with Gasteiger partial charge in [0, 0.05) is 37.4 Å². The van der Waals surface area contributed by atoms with Crippen molar-refractivity contribution in [3.05, 3.63) is 150 Å². The topological polar surface area (TPSA) is 12.5 Å². The molecule has 8 rings (SSSR count). The number of anilines is 3. The van der Waals surface area contributed by atoms with Gasteiger partial charge in [0.1, 0.15) is 5.75 Å². The van der Waals surface area contributed by atoms with Gasteiger partial charge in [0.25, 0.3) is 0 Å². The lowest BCUT2D eigenvalue weighted by molar-refractivity contribution is 0.419. The maximum atomic E-state index is 6.85. The molecule has 0 amide bonds. The number of rotatable bonds is 3. The monoisotopic (exact) mass is 575 g/mol. The number of ether oxygens (including phenoxy) is 1. The summed E-state index contributed by atoms with van der Waals surface area (Å²) in [7, 11) is 0. The van der Waals surface area contributed by atoms with Gasteiger partial charge in [-0.2, -0.15) is 0 Å². The Morgan fingerprint density at radius 3 is 2.00 bits per heavy atom. The summed E-state index contributed by atoms with van der Waals surface area (Å²) >= 11 is 1.88. The Hall–Kier alpha value is -4.47. The molecule has 2 aliphatic heterocycles. The smallest absolute Gasteiger partial charge is 0.155 e. The average Bonchev–Trinajstić information content (AvgIpc) is 3.02. The van der Waals surface area contributed by atoms with E-state index < -0.39 is 0 Å². The average molecular weight is 576 g/mol. The van der Waals surface area contributed by atoms with Crippen molar-refractivity contribution >= 4 is 39.6 Å². The van der Waals surface area contributed by atoms with Crippen molar-refractivity contribution in [2.45, 2.75) is 48.3 Å². The standard InChI is InChI=1S/C40H33NOS/c1-39(2)29-15-7-9-21-35(29)42-37-31(39)17-11-19-33(37)41(28-24-23-26-13-5-6-14-27(26)25-28)34-20-12-18-32-38(34)43-36-22-10-8-16-30(36)40(32,3)4/h5-25H,1-4H3. The van der Waals surface area contributed by atoms with E-state index in [9.17, 15) is 0 Å². The van der Waals surface area contributed by atoms with Crippen LogP contribution in [0.4, 0.5) is 17.1 Å². The first-order valence-electron chi connectivity index (χ1n) is 14.9. The van der Waals surface area contributed by atoms with Crippen LogP contribution in [0.15, 0.2) is 137 Å². The highest BCUT2D eigenvalue weighted by molar-refractivity contribution is 7.99. The third kappa shape index (κ3) is 3.95. The minimum Gasteiger partial charge on any atom is -0.455 e. The SMILES string of the molecule is CC1(C)c2ccccc2Oc2c(N(c3ccc4ccccc4c3)c3cccc4c3Sc3ccccc3C4(C)C)cccc21. The predicted molar refractivity (Wildman–Crippen MR) is 180 cm³/mol. The van der Waals surface area contributed by atoms with E-state index in [1.807, 2.05) is 11.8 Å². The normalized spacial score (nSPS) is 15.4. The highest BCUT2D eigenvalue weighted by atomic mass is 32.2. The highest BCUT2D eigenvalue weighted by Crippen LogP contribution is 2.57. The second-order valence-corrected chi connectivity index (χ2v) is 13.7. The van der Waals surface area contributed by atoms with E-state index >= 15 is 0 Å². The van der Waals surface area contributed by atoms with Gasteiger partial charge in [-0.05, 0) is 58.3 Å². The summed E-state index contributed by atoms with van der Waals surface area (Å²) in [4.78, 5) is 5.02. The second kappa shape index (κ2) is 9.52. The third-order valence-corrected chi connectivity index (χ3v) is 10.6. The van der Waals surface area contributed by atoms with Gasteiger partial charge in [-0.3, -0.25) is 0 Å². The third-order valence-electron chi connectivity index (χ3n) is 9.35. The fourth-order valence-electron chi connectivity index (χ4n) is 6.98. The molecule has 6 aromatic rings. The zero-order valence-electron chi connectivity index (χ0n) is 24.9. The maximum absolute atomic E-state index is 6.85. The first-order chi connectivity index (χ1) is 20.8. The minimum absolute atomic E-state index is 0.129. The molecule has 0 N–H and O–H groups in total. The van der Waals surface area contributed by atoms with Crippen LogP contribution in [0.2, 0.25) is 0 Å². The molecule has 43 heavy (non-hydrogen) atoms. The van der Waals surface area contributed by atoms with Crippen LogP contribution in [0, 0.1) is 0 Å². The summed E-state index contributed by atoms with van der Waals surface area (Å²) in [5.41, 5.74) is 8.10. The van der Waals surface area contributed by atoms with Gasteiger partial charge >= 0.3 is 0 Å². The van der Waals surface area contributed by atoms with Crippen LogP contribution in [0.3, 0.4) is 0 Å². The van der Waals surface area contributed by atoms with Crippen LogP contribution in [0.5, 0.6) is 11.5 Å². The molecule has 0 saturated heterocycles. The van der Waals surface area contributed by atoms with Crippen molar-refractivity contribution in [1.82, 2.24) is 0 Å². The lowest BCUT2D eigenvalue weighted by Crippen LogP contribution is -2.26. The molecule has 2 nitrogen and oxygen atoms in total. The van der Waals surface area contributed by atoms with Crippen molar-refractivity contribution in [1.29, 1.82) is 0 Å². The van der Waals surface area contributed by atoms with Gasteiger partial charge < -0.3 is 9.64 Å². The number of benzene rings is 6. The van der Waals surface area contributed by atoms with E-state index in [0.29, 0.717) is 0 Å². The van der Waals surface area contributed by atoms with Crippen LogP contribution >= 0.6 is 11.8 Å². The molecule has 2 heterocycles. The van der Waals surface area contributed by atoms with Crippen molar-refractivity contribution in [3.8, 4) is 11.5 Å². The molecule has 0 fully saturated rings. The molecule has 3 heteroatoms. The van der Waals surface area contributed by atoms with Gasteiger partial charge in [-0.15, -0.1) is 0 Å². The first kappa shape index (κ1) is 26.2. The molecule has 0 unspecified atom stereocenters. The summed E-state index contributed by atoms with van der Waals surface area (Å²) in [6.07, 6.45) is 0. The molecule has 0 atom stereocenters. The first-order valence-corrected chi connectivity index (χ1v) is 15.8. The van der Waals surface area contributed by atoms with E-state index in [2.05, 4.69) is 160 Å². The summed E-state index contributed by atoms with van der Waals surface area (Å²) in [5.74, 6) is 1.84. The zero-order chi connectivity index (χ0) is 29.3. The zero-order valence-corrected chi connectivity index (χ0v) is 25.7. The summed E-state index contributed by atoms with van der Waals surface area (Å²) in [6.45, 7) is 9.30. The maximum Gasteiger partial charge on any atom is 0.155 e. The van der Waals surface area contributed by atoms with Crippen LogP contribution in [-0.4, -0.2) is 0 Å². The van der Waals surface area contributed by atoms with Crippen molar-refractivity contribution in [2.75, 3.05) is 4.90 Å². The molecule has 210 valence electrons. The lowest BCUT2D eigenvalue weighted by Gasteiger charge is -2.39. The summed E-state index contributed by atoms with van der Waals surface area (Å²) < 4.78 is 6.85. The van der Waals surface area contributed by atoms with Gasteiger partial charge in [0.2, 0.25) is 0 Å². The highest BCUT2D eigenvalue weighted by Gasteiger charge is 2.38. The van der Waals surface area contributed by atoms with E-state index in [0.717, 1.165) is 28.6 Å². The van der Waals surface area contributed by atoms with E-state index in [-0.39, 0.29) is 10.8 Å². The number of hydrogen-bond acceptors (Lipinski definition) is 3. The molecule has 6 aromatic carbocycles. The fourth-order valence-corrected chi connectivity index (χ4v) is 8.48. The molecular formula is C40H33NOS. The fraction of sp³-hybridized carbons (Fsp3) is 0.150.